The Labute approximate surface area is 129 Å². The maximum absolute atomic E-state index is 12.4. The Balaban J connectivity index is 1.82. The van der Waals surface area contributed by atoms with E-state index in [4.69, 9.17) is 9.47 Å². The number of carbonyl (C=O) groups excluding carboxylic acids is 1. The molecule has 2 rings (SSSR count). The molecule has 2 unspecified atom stereocenters. The van der Waals surface area contributed by atoms with Gasteiger partial charge in [0.1, 0.15) is 5.54 Å². The van der Waals surface area contributed by atoms with Crippen LogP contribution in [0.5, 0.6) is 0 Å². The van der Waals surface area contributed by atoms with Crippen LogP contribution in [0.4, 0.5) is 0 Å². The number of ether oxygens (including phenoxy) is 2. The van der Waals surface area contributed by atoms with Crippen molar-refractivity contribution in [3.63, 3.8) is 0 Å². The Morgan fingerprint density at radius 1 is 1.24 bits per heavy atom. The molecule has 0 aromatic rings. The number of carbonyl (C=O) groups is 1. The second-order valence-electron chi connectivity index (χ2n) is 6.58. The number of unbranched alkanes of at least 4 members (excludes halogenated alkanes) is 2. The number of rotatable bonds is 10. The predicted octanol–water partition coefficient (Wildman–Crippen LogP) is 3.05. The summed E-state index contributed by atoms with van der Waals surface area (Å²) in [4.78, 5) is 12.4. The maximum atomic E-state index is 12.4. The van der Waals surface area contributed by atoms with Gasteiger partial charge in [0.15, 0.2) is 0 Å². The predicted molar refractivity (Wildman–Crippen MR) is 83.2 cm³/mol. The molecule has 0 bridgehead atoms. The van der Waals surface area contributed by atoms with E-state index in [1.807, 2.05) is 0 Å². The van der Waals surface area contributed by atoms with Crippen LogP contribution < -0.4 is 5.32 Å². The van der Waals surface area contributed by atoms with E-state index in [0.717, 1.165) is 45.3 Å². The molecule has 2 saturated carbocycles. The van der Waals surface area contributed by atoms with Crippen molar-refractivity contribution in [2.24, 2.45) is 5.92 Å². The lowest BCUT2D eigenvalue weighted by Crippen LogP contribution is -2.56. The zero-order valence-electron chi connectivity index (χ0n) is 13.7. The van der Waals surface area contributed by atoms with E-state index >= 15 is 0 Å². The van der Waals surface area contributed by atoms with Gasteiger partial charge in [-0.1, -0.05) is 26.2 Å². The SMILES string of the molecule is CCCCCOCCC1CCCC1(NC1CC1)C(=O)OC. The van der Waals surface area contributed by atoms with E-state index in [1.54, 1.807) is 0 Å². The fourth-order valence-corrected chi connectivity index (χ4v) is 3.54. The highest BCUT2D eigenvalue weighted by Crippen LogP contribution is 2.41. The number of esters is 1. The van der Waals surface area contributed by atoms with Crippen LogP contribution in [0.25, 0.3) is 0 Å². The fraction of sp³-hybridized carbons (Fsp3) is 0.941. The largest absolute Gasteiger partial charge is 0.468 e. The molecule has 2 aliphatic rings. The summed E-state index contributed by atoms with van der Waals surface area (Å²) >= 11 is 0. The van der Waals surface area contributed by atoms with Crippen LogP contribution in [0.2, 0.25) is 0 Å². The van der Waals surface area contributed by atoms with Crippen molar-refractivity contribution in [1.82, 2.24) is 5.32 Å². The third kappa shape index (κ3) is 4.43. The first-order valence-electron chi connectivity index (χ1n) is 8.66. The summed E-state index contributed by atoms with van der Waals surface area (Å²) in [6, 6.07) is 0.523. The number of nitrogens with one attached hydrogen (secondary N) is 1. The molecule has 21 heavy (non-hydrogen) atoms. The second-order valence-corrected chi connectivity index (χ2v) is 6.58. The van der Waals surface area contributed by atoms with Crippen LogP contribution in [0, 0.1) is 5.92 Å². The Hall–Kier alpha value is -0.610. The van der Waals surface area contributed by atoms with E-state index < -0.39 is 5.54 Å². The quantitative estimate of drug-likeness (QED) is 0.497. The normalized spacial score (nSPS) is 28.8. The van der Waals surface area contributed by atoms with E-state index in [0.29, 0.717) is 12.0 Å². The molecule has 2 atom stereocenters. The molecule has 0 saturated heterocycles. The average Bonchev–Trinajstić information content (AvgIpc) is 3.21. The van der Waals surface area contributed by atoms with Crippen molar-refractivity contribution in [3.8, 4) is 0 Å². The summed E-state index contributed by atoms with van der Waals surface area (Å²) in [5.41, 5.74) is -0.442. The summed E-state index contributed by atoms with van der Waals surface area (Å²) in [6.45, 7) is 3.81. The van der Waals surface area contributed by atoms with Gasteiger partial charge in [-0.25, -0.2) is 0 Å². The van der Waals surface area contributed by atoms with Crippen molar-refractivity contribution in [3.05, 3.63) is 0 Å². The first-order chi connectivity index (χ1) is 10.2. The number of hydrogen-bond acceptors (Lipinski definition) is 4. The molecule has 1 N–H and O–H groups in total. The Morgan fingerprint density at radius 2 is 2.05 bits per heavy atom. The molecule has 4 heteroatoms. The molecule has 0 aromatic heterocycles. The first-order valence-corrected chi connectivity index (χ1v) is 8.66. The number of hydrogen-bond donors (Lipinski definition) is 1. The minimum absolute atomic E-state index is 0.0668. The highest BCUT2D eigenvalue weighted by molar-refractivity contribution is 5.81. The van der Waals surface area contributed by atoms with Gasteiger partial charge in [0.05, 0.1) is 7.11 Å². The smallest absolute Gasteiger partial charge is 0.326 e. The van der Waals surface area contributed by atoms with Gasteiger partial charge in [0.2, 0.25) is 0 Å². The molecule has 0 spiro atoms. The molecule has 0 aromatic carbocycles. The summed E-state index contributed by atoms with van der Waals surface area (Å²) in [5.74, 6) is 0.291. The molecule has 0 amide bonds. The molecule has 0 aliphatic heterocycles. The molecule has 2 aliphatic carbocycles. The van der Waals surface area contributed by atoms with Crippen molar-refractivity contribution >= 4 is 5.97 Å². The standard InChI is InChI=1S/C17H31NO3/c1-3-4-5-12-21-13-10-14-7-6-11-17(14,16(19)20-2)18-15-8-9-15/h14-15,18H,3-13H2,1-2H3. The lowest BCUT2D eigenvalue weighted by atomic mass is 9.84. The van der Waals surface area contributed by atoms with Crippen LogP contribution in [0.1, 0.15) is 64.7 Å². The molecule has 2 fully saturated rings. The first kappa shape index (κ1) is 16.8. The van der Waals surface area contributed by atoms with Crippen LogP contribution in [0.3, 0.4) is 0 Å². The van der Waals surface area contributed by atoms with E-state index in [-0.39, 0.29) is 5.97 Å². The topological polar surface area (TPSA) is 47.6 Å². The zero-order chi connectivity index (χ0) is 15.1. The van der Waals surface area contributed by atoms with Gasteiger partial charge in [0.25, 0.3) is 0 Å². The van der Waals surface area contributed by atoms with Gasteiger partial charge in [-0.2, -0.15) is 0 Å². The minimum atomic E-state index is -0.442. The van der Waals surface area contributed by atoms with Crippen molar-refractivity contribution in [1.29, 1.82) is 0 Å². The van der Waals surface area contributed by atoms with E-state index in [9.17, 15) is 4.79 Å². The maximum Gasteiger partial charge on any atom is 0.326 e. The molecule has 0 heterocycles. The lowest BCUT2D eigenvalue weighted by Gasteiger charge is -2.34. The molecule has 122 valence electrons. The molecule has 0 radical (unpaired) electrons. The summed E-state index contributed by atoms with van der Waals surface area (Å²) < 4.78 is 10.9. The summed E-state index contributed by atoms with van der Waals surface area (Å²) in [6.07, 6.45) is 10.1. The lowest BCUT2D eigenvalue weighted by molar-refractivity contribution is -0.150. The highest BCUT2D eigenvalue weighted by atomic mass is 16.5. The van der Waals surface area contributed by atoms with Gasteiger partial charge >= 0.3 is 5.97 Å². The zero-order valence-corrected chi connectivity index (χ0v) is 13.7. The van der Waals surface area contributed by atoms with Gasteiger partial charge in [-0.3, -0.25) is 10.1 Å². The molecule has 4 nitrogen and oxygen atoms in total. The van der Waals surface area contributed by atoms with Gasteiger partial charge in [-0.15, -0.1) is 0 Å². The average molecular weight is 297 g/mol. The van der Waals surface area contributed by atoms with Crippen molar-refractivity contribution in [2.75, 3.05) is 20.3 Å². The van der Waals surface area contributed by atoms with E-state index in [2.05, 4.69) is 12.2 Å². The van der Waals surface area contributed by atoms with E-state index in [1.165, 1.54) is 32.8 Å². The fourth-order valence-electron chi connectivity index (χ4n) is 3.54. The summed E-state index contributed by atoms with van der Waals surface area (Å²) in [7, 11) is 1.51. The van der Waals surface area contributed by atoms with Crippen LogP contribution in [0.15, 0.2) is 0 Å². The van der Waals surface area contributed by atoms with Gasteiger partial charge in [-0.05, 0) is 44.4 Å². The second kappa shape index (κ2) is 8.14. The van der Waals surface area contributed by atoms with Crippen molar-refractivity contribution < 1.29 is 14.3 Å². The highest BCUT2D eigenvalue weighted by Gasteiger charge is 2.51. The number of methoxy groups -OCH3 is 1. The Morgan fingerprint density at radius 3 is 2.71 bits per heavy atom. The van der Waals surface area contributed by atoms with Gasteiger partial charge in [0, 0.05) is 19.3 Å². The molecular formula is C17H31NO3. The van der Waals surface area contributed by atoms with Crippen LogP contribution >= 0.6 is 0 Å². The Kier molecular flexibility index (Phi) is 6.49. The third-order valence-electron chi connectivity index (χ3n) is 4.91. The van der Waals surface area contributed by atoms with Crippen molar-refractivity contribution in [2.45, 2.75) is 76.3 Å². The minimum Gasteiger partial charge on any atom is -0.468 e. The van der Waals surface area contributed by atoms with Crippen LogP contribution in [-0.2, 0) is 14.3 Å². The Bertz CT molecular complexity index is 330. The van der Waals surface area contributed by atoms with Crippen LogP contribution in [-0.4, -0.2) is 37.9 Å². The summed E-state index contributed by atoms with van der Waals surface area (Å²) in [5, 5.41) is 3.60. The third-order valence-corrected chi connectivity index (χ3v) is 4.91. The van der Waals surface area contributed by atoms with Gasteiger partial charge < -0.3 is 9.47 Å². The monoisotopic (exact) mass is 297 g/mol. The molecular weight excluding hydrogens is 266 g/mol.